The van der Waals surface area contributed by atoms with Crippen LogP contribution < -0.4 is 5.32 Å². The second-order valence-electron chi connectivity index (χ2n) is 6.85. The summed E-state index contributed by atoms with van der Waals surface area (Å²) in [6.45, 7) is 1.41. The van der Waals surface area contributed by atoms with Crippen LogP contribution in [0.15, 0.2) is 61.1 Å². The van der Waals surface area contributed by atoms with Crippen molar-refractivity contribution in [3.05, 3.63) is 82.8 Å². The summed E-state index contributed by atoms with van der Waals surface area (Å²) < 4.78 is 30.1. The average Bonchev–Trinajstić information content (AvgIpc) is 3.39. The van der Waals surface area contributed by atoms with Crippen LogP contribution in [0, 0.1) is 6.92 Å². The molecule has 0 radical (unpaired) electrons. The number of thiazole rings is 1. The van der Waals surface area contributed by atoms with E-state index in [9.17, 15) is 13.6 Å². The van der Waals surface area contributed by atoms with Crippen LogP contribution in [0.1, 0.15) is 26.5 Å². The van der Waals surface area contributed by atoms with E-state index < -0.39 is 12.5 Å². The van der Waals surface area contributed by atoms with Crippen molar-refractivity contribution < 1.29 is 13.6 Å². The first-order chi connectivity index (χ1) is 14.9. The van der Waals surface area contributed by atoms with Gasteiger partial charge in [-0.15, -0.1) is 16.4 Å². The van der Waals surface area contributed by atoms with Crippen molar-refractivity contribution in [2.24, 2.45) is 0 Å². The van der Waals surface area contributed by atoms with E-state index in [-0.39, 0.29) is 11.5 Å². The van der Waals surface area contributed by atoms with E-state index in [1.165, 1.54) is 18.3 Å². The predicted octanol–water partition coefficient (Wildman–Crippen LogP) is 3.83. The fourth-order valence-electron chi connectivity index (χ4n) is 2.93. The smallest absolute Gasteiger partial charge is 0.292 e. The Kier molecular flexibility index (Phi) is 5.81. The summed E-state index contributed by atoms with van der Waals surface area (Å²) in [4.78, 5) is 21.3. The molecule has 158 valence electrons. The van der Waals surface area contributed by atoms with Crippen molar-refractivity contribution in [2.45, 2.75) is 25.9 Å². The minimum atomic E-state index is -3.09. The highest BCUT2D eigenvalue weighted by atomic mass is 32.1. The van der Waals surface area contributed by atoms with Crippen LogP contribution in [0.25, 0.3) is 10.7 Å². The molecule has 0 fully saturated rings. The van der Waals surface area contributed by atoms with Gasteiger partial charge in [0.15, 0.2) is 0 Å². The molecule has 0 aliphatic heterocycles. The Labute approximate surface area is 180 Å². The lowest BCUT2D eigenvalue weighted by atomic mass is 10.1. The van der Waals surface area contributed by atoms with Gasteiger partial charge in [0.05, 0.1) is 11.9 Å². The number of benzene rings is 1. The molecule has 4 rings (SSSR count). The number of hydrogen-bond donors (Lipinski definition) is 1. The van der Waals surface area contributed by atoms with E-state index in [1.54, 1.807) is 43.6 Å². The monoisotopic (exact) mass is 440 g/mol. The van der Waals surface area contributed by atoms with Crippen LogP contribution in [0.3, 0.4) is 0 Å². The van der Waals surface area contributed by atoms with Crippen LogP contribution in [0.2, 0.25) is 0 Å². The topological polar surface area (TPSA) is 85.6 Å². The number of pyridine rings is 1. The standard InChI is InChI=1S/C21H18F2N6OS/c1-14-18(19(30)25-11-15-6-5-9-24-10-15)31-20(26-14)17-12-29(28-27-17)13-21(22,23)16-7-3-2-4-8-16/h2-10,12H,11,13H2,1H3,(H,25,30). The molecule has 0 spiro atoms. The molecular weight excluding hydrogens is 422 g/mol. The van der Waals surface area contributed by atoms with Crippen LogP contribution in [0.5, 0.6) is 0 Å². The largest absolute Gasteiger partial charge is 0.347 e. The van der Waals surface area contributed by atoms with Gasteiger partial charge in [0.1, 0.15) is 22.1 Å². The van der Waals surface area contributed by atoms with Crippen LogP contribution in [0.4, 0.5) is 8.78 Å². The third kappa shape index (κ3) is 4.80. The predicted molar refractivity (Wildman–Crippen MR) is 112 cm³/mol. The van der Waals surface area contributed by atoms with E-state index in [0.717, 1.165) is 21.6 Å². The molecule has 0 atom stereocenters. The molecule has 0 bridgehead atoms. The molecule has 10 heteroatoms. The zero-order valence-electron chi connectivity index (χ0n) is 16.5. The number of nitrogens with zero attached hydrogens (tertiary/aromatic N) is 5. The number of alkyl halides is 2. The van der Waals surface area contributed by atoms with Crippen molar-refractivity contribution in [2.75, 3.05) is 0 Å². The second kappa shape index (κ2) is 8.68. The highest BCUT2D eigenvalue weighted by Crippen LogP contribution is 2.31. The average molecular weight is 440 g/mol. The van der Waals surface area contributed by atoms with Crippen LogP contribution in [-0.4, -0.2) is 30.9 Å². The van der Waals surface area contributed by atoms with E-state index in [4.69, 9.17) is 0 Å². The van der Waals surface area contributed by atoms with Gasteiger partial charge in [0, 0.05) is 24.5 Å². The molecule has 0 unspecified atom stereocenters. The zero-order chi connectivity index (χ0) is 21.8. The van der Waals surface area contributed by atoms with Gasteiger partial charge in [-0.1, -0.05) is 41.6 Å². The van der Waals surface area contributed by atoms with Crippen molar-refractivity contribution >= 4 is 17.2 Å². The number of nitrogens with one attached hydrogen (secondary N) is 1. The van der Waals surface area contributed by atoms with Gasteiger partial charge in [0.2, 0.25) is 0 Å². The number of aromatic nitrogens is 5. The first kappa shape index (κ1) is 20.7. The Morgan fingerprint density at radius 3 is 2.74 bits per heavy atom. The lowest BCUT2D eigenvalue weighted by molar-refractivity contribution is -0.0258. The normalized spacial score (nSPS) is 11.5. The first-order valence-electron chi connectivity index (χ1n) is 9.41. The quantitative estimate of drug-likeness (QED) is 0.472. The lowest BCUT2D eigenvalue weighted by Crippen LogP contribution is -2.22. The third-order valence-electron chi connectivity index (χ3n) is 4.49. The van der Waals surface area contributed by atoms with Gasteiger partial charge in [-0.25, -0.2) is 9.67 Å². The third-order valence-corrected chi connectivity index (χ3v) is 5.67. The summed E-state index contributed by atoms with van der Waals surface area (Å²) in [6.07, 6.45) is 4.75. The van der Waals surface area contributed by atoms with E-state index in [2.05, 4.69) is 25.6 Å². The molecule has 1 N–H and O–H groups in total. The Hall–Kier alpha value is -3.53. The van der Waals surface area contributed by atoms with Gasteiger partial charge in [0.25, 0.3) is 11.8 Å². The Balaban J connectivity index is 1.46. The summed E-state index contributed by atoms with van der Waals surface area (Å²) in [5, 5.41) is 11.0. The number of amides is 1. The minimum absolute atomic E-state index is 0.0929. The number of aryl methyl sites for hydroxylation is 1. The van der Waals surface area contributed by atoms with Gasteiger partial charge in [-0.2, -0.15) is 8.78 Å². The van der Waals surface area contributed by atoms with E-state index in [0.29, 0.717) is 27.8 Å². The van der Waals surface area contributed by atoms with E-state index in [1.807, 2.05) is 6.07 Å². The lowest BCUT2D eigenvalue weighted by Gasteiger charge is -2.15. The molecule has 3 aromatic heterocycles. The molecule has 0 saturated heterocycles. The maximum absolute atomic E-state index is 14.5. The van der Waals surface area contributed by atoms with E-state index >= 15 is 0 Å². The fraction of sp³-hybridized carbons (Fsp3) is 0.190. The van der Waals surface area contributed by atoms with Crippen molar-refractivity contribution in [1.82, 2.24) is 30.3 Å². The Bertz CT molecular complexity index is 1180. The molecule has 31 heavy (non-hydrogen) atoms. The number of carbonyl (C=O) groups is 1. The fourth-order valence-corrected chi connectivity index (χ4v) is 3.86. The SMILES string of the molecule is Cc1nc(-c2cn(CC(F)(F)c3ccccc3)nn2)sc1C(=O)NCc1cccnc1. The Morgan fingerprint density at radius 2 is 2.00 bits per heavy atom. The maximum atomic E-state index is 14.5. The molecule has 3 heterocycles. The summed E-state index contributed by atoms with van der Waals surface area (Å²) in [7, 11) is 0. The molecule has 4 aromatic rings. The summed E-state index contributed by atoms with van der Waals surface area (Å²) in [6, 6.07) is 11.2. The number of halogens is 2. The van der Waals surface area contributed by atoms with Gasteiger partial charge >= 0.3 is 0 Å². The highest BCUT2D eigenvalue weighted by molar-refractivity contribution is 7.17. The minimum Gasteiger partial charge on any atom is -0.347 e. The van der Waals surface area contributed by atoms with Gasteiger partial charge < -0.3 is 5.32 Å². The molecule has 7 nitrogen and oxygen atoms in total. The molecular formula is C21H18F2N6OS. The van der Waals surface area contributed by atoms with Crippen molar-refractivity contribution in [3.63, 3.8) is 0 Å². The van der Waals surface area contributed by atoms with Gasteiger partial charge in [-0.3, -0.25) is 9.78 Å². The Morgan fingerprint density at radius 1 is 1.19 bits per heavy atom. The van der Waals surface area contributed by atoms with Gasteiger partial charge in [-0.05, 0) is 18.6 Å². The second-order valence-corrected chi connectivity index (χ2v) is 7.85. The zero-order valence-corrected chi connectivity index (χ0v) is 17.3. The molecule has 0 saturated carbocycles. The summed E-state index contributed by atoms with van der Waals surface area (Å²) >= 11 is 1.14. The molecule has 0 aliphatic carbocycles. The molecule has 1 aromatic carbocycles. The van der Waals surface area contributed by atoms with Crippen molar-refractivity contribution in [3.8, 4) is 10.7 Å². The van der Waals surface area contributed by atoms with Crippen LogP contribution >= 0.6 is 11.3 Å². The molecule has 0 aliphatic rings. The summed E-state index contributed by atoms with van der Waals surface area (Å²) in [5.74, 6) is -3.37. The molecule has 1 amide bonds. The maximum Gasteiger partial charge on any atom is 0.292 e. The first-order valence-corrected chi connectivity index (χ1v) is 10.2. The number of rotatable bonds is 7. The number of hydrogen-bond acceptors (Lipinski definition) is 6. The van der Waals surface area contributed by atoms with Crippen molar-refractivity contribution in [1.29, 1.82) is 0 Å². The highest BCUT2D eigenvalue weighted by Gasteiger charge is 2.32. The number of carbonyl (C=O) groups excluding carboxylic acids is 1. The summed E-state index contributed by atoms with van der Waals surface area (Å²) in [5.41, 5.74) is 1.65. The van der Waals surface area contributed by atoms with Crippen LogP contribution in [-0.2, 0) is 19.0 Å².